The van der Waals surface area contributed by atoms with Crippen molar-refractivity contribution >= 4 is 35.7 Å². The van der Waals surface area contributed by atoms with E-state index < -0.39 is 17.4 Å². The minimum absolute atomic E-state index is 0.0398. The van der Waals surface area contributed by atoms with E-state index in [9.17, 15) is 9.59 Å². The van der Waals surface area contributed by atoms with Crippen molar-refractivity contribution in [1.82, 2.24) is 0 Å². The van der Waals surface area contributed by atoms with Crippen molar-refractivity contribution in [1.29, 1.82) is 0 Å². The minimum Gasteiger partial charge on any atom is -0.348 e. The smallest absolute Gasteiger partial charge is 0.330 e. The van der Waals surface area contributed by atoms with Crippen LogP contribution >= 0.6 is 23.7 Å². The summed E-state index contributed by atoms with van der Waals surface area (Å²) >= 11 is 9.89. The Balaban J connectivity index is 4.21. The molecule has 0 aliphatic rings. The van der Waals surface area contributed by atoms with Crippen molar-refractivity contribution in [3.05, 3.63) is 0 Å². The van der Waals surface area contributed by atoms with Crippen LogP contribution in [0.1, 0.15) is 33.6 Å². The van der Waals surface area contributed by atoms with Gasteiger partial charge in [-0.15, -0.1) is 0 Å². The quantitative estimate of drug-likeness (QED) is 0.759. The second-order valence-corrected chi connectivity index (χ2v) is 4.52. The highest BCUT2D eigenvalue weighted by Gasteiger charge is 2.32. The molecule has 0 aromatic heterocycles. The first-order chi connectivity index (χ1) is 6.83. The normalized spacial score (nSPS) is 13.1. The molecule has 0 aromatic carbocycles. The Labute approximate surface area is 99.2 Å². The lowest BCUT2D eigenvalue weighted by molar-refractivity contribution is -0.145. The lowest BCUT2D eigenvalue weighted by Crippen LogP contribution is -2.27. The van der Waals surface area contributed by atoms with E-state index in [4.69, 9.17) is 23.7 Å². The molecule has 0 rings (SSSR count). The van der Waals surface area contributed by atoms with E-state index in [2.05, 4.69) is 8.58 Å². The topological polar surface area (TPSA) is 52.6 Å². The molecule has 0 N–H and O–H groups in total. The molecule has 15 heavy (non-hydrogen) atoms. The van der Waals surface area contributed by atoms with Gasteiger partial charge in [0, 0.05) is 6.42 Å². The van der Waals surface area contributed by atoms with Crippen molar-refractivity contribution in [2.24, 2.45) is 11.3 Å². The summed E-state index contributed by atoms with van der Waals surface area (Å²) in [4.78, 5) is 22.1. The molecule has 0 radical (unpaired) electrons. The highest BCUT2D eigenvalue weighted by atomic mass is 35.5. The molecule has 0 fully saturated rings. The molecule has 0 saturated heterocycles. The Bertz CT molecular complexity index is 240. The molecule has 0 amide bonds. The van der Waals surface area contributed by atoms with Gasteiger partial charge in [0.15, 0.2) is 0 Å². The summed E-state index contributed by atoms with van der Waals surface area (Å²) in [5.74, 6) is -1.07. The van der Waals surface area contributed by atoms with Crippen LogP contribution in [0.15, 0.2) is 0 Å². The molecule has 88 valence electrons. The number of carbonyl (C=O) groups is 2. The van der Waals surface area contributed by atoms with Crippen molar-refractivity contribution in [2.45, 2.75) is 33.6 Å². The van der Waals surface area contributed by atoms with Gasteiger partial charge < -0.3 is 8.58 Å². The van der Waals surface area contributed by atoms with E-state index in [0.29, 0.717) is 6.42 Å². The third-order valence-corrected chi connectivity index (χ3v) is 2.39. The first-order valence-corrected chi connectivity index (χ1v) is 5.09. The largest absolute Gasteiger partial charge is 0.348 e. The van der Waals surface area contributed by atoms with E-state index in [-0.39, 0.29) is 12.3 Å². The van der Waals surface area contributed by atoms with Crippen LogP contribution in [0.2, 0.25) is 0 Å². The van der Waals surface area contributed by atoms with Crippen LogP contribution in [0, 0.1) is 11.3 Å². The maximum absolute atomic E-state index is 11.2. The van der Waals surface area contributed by atoms with Gasteiger partial charge in [0.1, 0.15) is 23.7 Å². The Morgan fingerprint density at radius 3 is 2.20 bits per heavy atom. The van der Waals surface area contributed by atoms with Gasteiger partial charge in [-0.05, 0) is 26.2 Å². The third-order valence-electron chi connectivity index (χ3n) is 2.08. The molecule has 0 spiro atoms. The lowest BCUT2D eigenvalue weighted by Gasteiger charge is -2.23. The van der Waals surface area contributed by atoms with E-state index in [0.717, 1.165) is 0 Å². The highest BCUT2D eigenvalue weighted by molar-refractivity contribution is 6.13. The molecule has 6 heteroatoms. The fraction of sp³-hybridized carbons (Fsp3) is 0.778. The zero-order chi connectivity index (χ0) is 12.1. The Morgan fingerprint density at radius 2 is 1.80 bits per heavy atom. The lowest BCUT2D eigenvalue weighted by atomic mass is 9.82. The van der Waals surface area contributed by atoms with Gasteiger partial charge in [-0.3, -0.25) is 4.79 Å². The molecule has 0 bridgehead atoms. The Hall–Kier alpha value is -0.480. The van der Waals surface area contributed by atoms with Gasteiger partial charge in [-0.25, -0.2) is 4.79 Å². The second-order valence-electron chi connectivity index (χ2n) is 4.21. The fourth-order valence-electron chi connectivity index (χ4n) is 1.45. The summed E-state index contributed by atoms with van der Waals surface area (Å²) in [6.45, 7) is 5.21. The molecule has 0 aromatic rings. The average molecular weight is 257 g/mol. The first-order valence-electron chi connectivity index (χ1n) is 4.48. The van der Waals surface area contributed by atoms with E-state index >= 15 is 0 Å². The number of hydrogen-bond donors (Lipinski definition) is 0. The van der Waals surface area contributed by atoms with E-state index in [1.165, 1.54) is 0 Å². The van der Waals surface area contributed by atoms with Gasteiger partial charge >= 0.3 is 11.9 Å². The Kier molecular flexibility index (Phi) is 5.98. The average Bonchev–Trinajstić information content (AvgIpc) is 2.15. The zero-order valence-electron chi connectivity index (χ0n) is 8.88. The molecule has 1 atom stereocenters. The van der Waals surface area contributed by atoms with Crippen LogP contribution in [0.5, 0.6) is 0 Å². The Morgan fingerprint density at radius 1 is 1.27 bits per heavy atom. The molecule has 0 heterocycles. The highest BCUT2D eigenvalue weighted by Crippen LogP contribution is 2.29. The standard InChI is InChI=1S/C9H14Cl2O4/c1-6(4-7(12)14-10)5-9(2,3)8(13)15-11/h6H,4-5H2,1-3H3. The molecule has 0 aliphatic carbocycles. The van der Waals surface area contributed by atoms with Crippen LogP contribution in [0.3, 0.4) is 0 Å². The number of carbonyl (C=O) groups excluding carboxylic acids is 2. The molecule has 4 nitrogen and oxygen atoms in total. The van der Waals surface area contributed by atoms with Crippen LogP contribution in [-0.2, 0) is 18.2 Å². The summed E-state index contributed by atoms with van der Waals surface area (Å²) in [6.07, 6.45) is 0.618. The SMILES string of the molecule is CC(CC(=O)OCl)CC(C)(C)C(=O)OCl. The first kappa shape index (κ1) is 14.5. The monoisotopic (exact) mass is 256 g/mol. The van der Waals surface area contributed by atoms with Gasteiger partial charge in [-0.2, -0.15) is 0 Å². The molecule has 0 aliphatic heterocycles. The van der Waals surface area contributed by atoms with Crippen LogP contribution < -0.4 is 0 Å². The minimum atomic E-state index is -0.728. The molecule has 1 unspecified atom stereocenters. The predicted octanol–water partition coefficient (Wildman–Crippen LogP) is 2.82. The molecular weight excluding hydrogens is 243 g/mol. The summed E-state index contributed by atoms with van der Waals surface area (Å²) in [6, 6.07) is 0. The van der Waals surface area contributed by atoms with Crippen molar-refractivity contribution in [2.75, 3.05) is 0 Å². The number of halogens is 2. The summed E-state index contributed by atoms with van der Waals surface area (Å²) in [5.41, 5.74) is -0.728. The zero-order valence-corrected chi connectivity index (χ0v) is 10.4. The second kappa shape index (κ2) is 6.18. The summed E-state index contributed by atoms with van der Waals surface area (Å²) < 4.78 is 8.15. The van der Waals surface area contributed by atoms with E-state index in [1.807, 2.05) is 6.92 Å². The molecular formula is C9H14Cl2O4. The fourth-order valence-corrected chi connectivity index (χ4v) is 1.72. The van der Waals surface area contributed by atoms with Gasteiger partial charge in [0.05, 0.1) is 5.41 Å². The van der Waals surface area contributed by atoms with Crippen molar-refractivity contribution in [3.8, 4) is 0 Å². The van der Waals surface area contributed by atoms with Crippen molar-refractivity contribution < 1.29 is 18.2 Å². The van der Waals surface area contributed by atoms with Crippen molar-refractivity contribution in [3.63, 3.8) is 0 Å². The number of hydrogen-bond acceptors (Lipinski definition) is 4. The predicted molar refractivity (Wildman–Crippen MR) is 56.1 cm³/mol. The van der Waals surface area contributed by atoms with Crippen LogP contribution in [0.4, 0.5) is 0 Å². The molecule has 0 saturated carbocycles. The van der Waals surface area contributed by atoms with Crippen LogP contribution in [0.25, 0.3) is 0 Å². The third kappa shape index (κ3) is 5.23. The van der Waals surface area contributed by atoms with Gasteiger partial charge in [-0.1, -0.05) is 6.92 Å². The maximum Gasteiger partial charge on any atom is 0.330 e. The summed E-state index contributed by atoms with van der Waals surface area (Å²) in [5, 5.41) is 0. The van der Waals surface area contributed by atoms with Gasteiger partial charge in [0.25, 0.3) is 0 Å². The summed E-state index contributed by atoms with van der Waals surface area (Å²) in [7, 11) is 0. The van der Waals surface area contributed by atoms with E-state index in [1.54, 1.807) is 13.8 Å². The van der Waals surface area contributed by atoms with Crippen LogP contribution in [-0.4, -0.2) is 11.9 Å². The van der Waals surface area contributed by atoms with Gasteiger partial charge in [0.2, 0.25) is 0 Å². The maximum atomic E-state index is 11.2. The number of rotatable bonds is 5.